The largest absolute Gasteiger partial charge is 0.358 e. The molecule has 1 heterocycles. The normalized spacial score (nSPS) is 12.3. The molecule has 0 bridgehead atoms. The van der Waals surface area contributed by atoms with Crippen LogP contribution in [0.4, 0.5) is 5.69 Å². The van der Waals surface area contributed by atoms with Gasteiger partial charge >= 0.3 is 0 Å². The molecule has 0 fully saturated rings. The number of nitrogens with two attached hydrogens (primary N) is 1. The quantitative estimate of drug-likeness (QED) is 0.696. The predicted molar refractivity (Wildman–Crippen MR) is 117 cm³/mol. The molecule has 1 unspecified atom stereocenters. The molecule has 1 atom stereocenters. The van der Waals surface area contributed by atoms with Gasteiger partial charge in [-0.25, -0.2) is 0 Å². The second-order valence-corrected chi connectivity index (χ2v) is 6.88. The Morgan fingerprint density at radius 2 is 1.85 bits per heavy atom. The number of hydrogen-bond donors (Lipinski definition) is 2. The summed E-state index contributed by atoms with van der Waals surface area (Å²) in [5.41, 5.74) is 7.54. The standard InChI is InChI=1S/C20H28N4O.2ClH/c1-16(2)20(3,15-21)23-19(25)14-24(18-9-5-4-6-10-18)13-17-8-7-11-22-12-17;;/h4-12,16H,13-15,21H2,1-3H3,(H,23,25);2*1H. The lowest BCUT2D eigenvalue weighted by Gasteiger charge is -2.35. The molecule has 0 saturated carbocycles. The third-order valence-electron chi connectivity index (χ3n) is 4.68. The van der Waals surface area contributed by atoms with Crippen molar-refractivity contribution >= 4 is 36.4 Å². The smallest absolute Gasteiger partial charge is 0.240 e. The van der Waals surface area contributed by atoms with E-state index in [9.17, 15) is 4.79 Å². The number of nitrogens with zero attached hydrogens (tertiary/aromatic N) is 2. The number of benzene rings is 1. The van der Waals surface area contributed by atoms with Gasteiger partial charge in [0.1, 0.15) is 0 Å². The highest BCUT2D eigenvalue weighted by molar-refractivity contribution is 5.85. The third-order valence-corrected chi connectivity index (χ3v) is 4.68. The van der Waals surface area contributed by atoms with E-state index in [1.807, 2.05) is 60.5 Å². The zero-order valence-electron chi connectivity index (χ0n) is 16.1. The van der Waals surface area contributed by atoms with E-state index in [4.69, 9.17) is 5.73 Å². The Labute approximate surface area is 174 Å². The number of carbonyl (C=O) groups is 1. The summed E-state index contributed by atoms with van der Waals surface area (Å²) in [6.07, 6.45) is 3.57. The number of hydrogen-bond acceptors (Lipinski definition) is 4. The van der Waals surface area contributed by atoms with Crippen molar-refractivity contribution in [1.29, 1.82) is 0 Å². The van der Waals surface area contributed by atoms with Crippen LogP contribution in [0, 0.1) is 5.92 Å². The number of anilines is 1. The molecule has 0 radical (unpaired) electrons. The van der Waals surface area contributed by atoms with Crippen LogP contribution in [0.3, 0.4) is 0 Å². The summed E-state index contributed by atoms with van der Waals surface area (Å²) >= 11 is 0. The highest BCUT2D eigenvalue weighted by Gasteiger charge is 2.29. The van der Waals surface area contributed by atoms with Gasteiger partial charge in [-0.2, -0.15) is 0 Å². The molecule has 5 nitrogen and oxygen atoms in total. The van der Waals surface area contributed by atoms with Crippen LogP contribution in [-0.2, 0) is 11.3 Å². The molecule has 27 heavy (non-hydrogen) atoms. The maximum Gasteiger partial charge on any atom is 0.240 e. The number of amides is 1. The monoisotopic (exact) mass is 412 g/mol. The molecule has 0 aliphatic carbocycles. The SMILES string of the molecule is CC(C)C(C)(CN)NC(=O)CN(Cc1cccnc1)c1ccccc1.Cl.Cl. The predicted octanol–water partition coefficient (Wildman–Crippen LogP) is 3.42. The Kier molecular flexibility index (Phi) is 11.0. The van der Waals surface area contributed by atoms with Crippen molar-refractivity contribution in [2.45, 2.75) is 32.9 Å². The number of nitrogens with one attached hydrogen (secondary N) is 1. The van der Waals surface area contributed by atoms with Crippen molar-refractivity contribution in [2.75, 3.05) is 18.0 Å². The van der Waals surface area contributed by atoms with E-state index in [1.165, 1.54) is 0 Å². The van der Waals surface area contributed by atoms with Crippen molar-refractivity contribution in [3.05, 3.63) is 60.4 Å². The van der Waals surface area contributed by atoms with Gasteiger partial charge in [-0.1, -0.05) is 38.1 Å². The van der Waals surface area contributed by atoms with Crippen LogP contribution in [0.1, 0.15) is 26.3 Å². The molecular weight excluding hydrogens is 383 g/mol. The molecule has 0 spiro atoms. The lowest BCUT2D eigenvalue weighted by Crippen LogP contribution is -2.56. The molecule has 1 aromatic heterocycles. The van der Waals surface area contributed by atoms with Crippen LogP contribution in [-0.4, -0.2) is 29.5 Å². The first-order chi connectivity index (χ1) is 11.9. The number of pyridine rings is 1. The van der Waals surface area contributed by atoms with Crippen molar-refractivity contribution in [3.63, 3.8) is 0 Å². The fourth-order valence-electron chi connectivity index (χ4n) is 2.55. The van der Waals surface area contributed by atoms with E-state index >= 15 is 0 Å². The van der Waals surface area contributed by atoms with Gasteiger partial charge in [-0.3, -0.25) is 9.78 Å². The zero-order valence-corrected chi connectivity index (χ0v) is 17.7. The molecule has 0 aliphatic heterocycles. The number of carbonyl (C=O) groups excluding carboxylic acids is 1. The van der Waals surface area contributed by atoms with E-state index in [2.05, 4.69) is 24.1 Å². The van der Waals surface area contributed by atoms with E-state index in [-0.39, 0.29) is 43.2 Å². The van der Waals surface area contributed by atoms with Gasteiger partial charge in [0, 0.05) is 31.2 Å². The summed E-state index contributed by atoms with van der Waals surface area (Å²) in [5.74, 6) is 0.222. The Morgan fingerprint density at radius 1 is 1.19 bits per heavy atom. The van der Waals surface area contributed by atoms with Crippen LogP contribution in [0.5, 0.6) is 0 Å². The fourth-order valence-corrected chi connectivity index (χ4v) is 2.55. The van der Waals surface area contributed by atoms with Gasteiger partial charge < -0.3 is 16.0 Å². The molecule has 3 N–H and O–H groups in total. The minimum atomic E-state index is -0.409. The Bertz CT molecular complexity index is 670. The van der Waals surface area contributed by atoms with Crippen molar-refractivity contribution in [2.24, 2.45) is 11.7 Å². The number of aromatic nitrogens is 1. The van der Waals surface area contributed by atoms with Gasteiger partial charge in [0.05, 0.1) is 12.1 Å². The van der Waals surface area contributed by atoms with Crippen molar-refractivity contribution < 1.29 is 4.79 Å². The van der Waals surface area contributed by atoms with Gasteiger partial charge in [-0.15, -0.1) is 24.8 Å². The van der Waals surface area contributed by atoms with E-state index in [0.29, 0.717) is 13.1 Å². The maximum atomic E-state index is 12.7. The first kappa shape index (κ1) is 25.2. The third kappa shape index (κ3) is 7.37. The molecule has 1 amide bonds. The van der Waals surface area contributed by atoms with Crippen LogP contribution >= 0.6 is 24.8 Å². The van der Waals surface area contributed by atoms with Gasteiger partial charge in [0.15, 0.2) is 0 Å². The minimum absolute atomic E-state index is 0. The molecule has 7 heteroatoms. The topological polar surface area (TPSA) is 71.2 Å². The minimum Gasteiger partial charge on any atom is -0.358 e. The van der Waals surface area contributed by atoms with Gasteiger partial charge in [0.2, 0.25) is 5.91 Å². The van der Waals surface area contributed by atoms with Crippen molar-refractivity contribution in [3.8, 4) is 0 Å². The van der Waals surface area contributed by atoms with Crippen molar-refractivity contribution in [1.82, 2.24) is 10.3 Å². The lowest BCUT2D eigenvalue weighted by atomic mass is 9.88. The zero-order chi connectivity index (χ0) is 18.3. The average Bonchev–Trinajstić information content (AvgIpc) is 2.62. The van der Waals surface area contributed by atoms with E-state index < -0.39 is 5.54 Å². The number of para-hydroxylation sites is 1. The second kappa shape index (κ2) is 11.8. The second-order valence-electron chi connectivity index (χ2n) is 6.88. The van der Waals surface area contributed by atoms with E-state index in [1.54, 1.807) is 6.20 Å². The molecule has 2 aromatic rings. The first-order valence-electron chi connectivity index (χ1n) is 8.64. The van der Waals surface area contributed by atoms with Gasteiger partial charge in [-0.05, 0) is 36.6 Å². The number of halogens is 2. The molecular formula is C20H30Cl2N4O. The fraction of sp³-hybridized carbons (Fsp3) is 0.400. The number of rotatable bonds is 8. The lowest BCUT2D eigenvalue weighted by molar-refractivity contribution is -0.122. The van der Waals surface area contributed by atoms with Crippen LogP contribution in [0.15, 0.2) is 54.9 Å². The van der Waals surface area contributed by atoms with Crippen LogP contribution in [0.2, 0.25) is 0 Å². The van der Waals surface area contributed by atoms with E-state index in [0.717, 1.165) is 11.3 Å². The first-order valence-corrected chi connectivity index (χ1v) is 8.64. The highest BCUT2D eigenvalue weighted by Crippen LogP contribution is 2.18. The summed E-state index contributed by atoms with van der Waals surface area (Å²) in [5, 5.41) is 3.11. The Hall–Kier alpha value is -1.82. The Balaban J connectivity index is 0.00000338. The van der Waals surface area contributed by atoms with Crippen LogP contribution < -0.4 is 16.0 Å². The summed E-state index contributed by atoms with van der Waals surface area (Å²) in [6.45, 7) is 7.41. The molecule has 2 rings (SSSR count). The molecule has 0 aliphatic rings. The summed E-state index contributed by atoms with van der Waals surface area (Å²) in [6, 6.07) is 13.9. The maximum absolute atomic E-state index is 12.7. The molecule has 1 aromatic carbocycles. The molecule has 150 valence electrons. The van der Waals surface area contributed by atoms with Crippen LogP contribution in [0.25, 0.3) is 0 Å². The summed E-state index contributed by atoms with van der Waals surface area (Å²) in [7, 11) is 0. The average molecular weight is 413 g/mol. The Morgan fingerprint density at radius 3 is 2.37 bits per heavy atom. The highest BCUT2D eigenvalue weighted by atomic mass is 35.5. The summed E-state index contributed by atoms with van der Waals surface area (Å²) < 4.78 is 0. The van der Waals surface area contributed by atoms with Gasteiger partial charge in [0.25, 0.3) is 0 Å². The summed E-state index contributed by atoms with van der Waals surface area (Å²) in [4.78, 5) is 18.9. The molecule has 0 saturated heterocycles.